The molecule has 0 saturated heterocycles. The Hall–Kier alpha value is -5.52. The van der Waals surface area contributed by atoms with E-state index in [2.05, 4.69) is 97.7 Å². The third-order valence-electron chi connectivity index (χ3n) is 16.6. The van der Waals surface area contributed by atoms with E-state index < -0.39 is 0 Å². The molecule has 0 aliphatic carbocycles. The fraction of sp³-hybridized carbons (Fsp3) is 0.394. The second-order valence-corrected chi connectivity index (χ2v) is 25.3. The summed E-state index contributed by atoms with van der Waals surface area (Å²) in [5.74, 6) is -0.824. The molecular formula is C66H70N2O4S4. The van der Waals surface area contributed by atoms with Gasteiger partial charge in [-0.1, -0.05) is 155 Å². The highest BCUT2D eigenvalue weighted by molar-refractivity contribution is 7.14. The Morgan fingerprint density at radius 2 is 0.592 bits per heavy atom. The average molecular weight is 1080 g/mol. The van der Waals surface area contributed by atoms with Crippen LogP contribution in [0.1, 0.15) is 198 Å². The number of thiophene rings is 4. The molecule has 0 radical (unpaired) electrons. The Balaban J connectivity index is 1.24. The second-order valence-electron chi connectivity index (χ2n) is 21.5. The van der Waals surface area contributed by atoms with Gasteiger partial charge in [-0.25, -0.2) is 0 Å². The lowest BCUT2D eigenvalue weighted by molar-refractivity contribution is 0.0502. The fourth-order valence-corrected chi connectivity index (χ4v) is 15.9. The number of carbonyl (C=O) groups excluding carboxylic acids is 4. The summed E-state index contributed by atoms with van der Waals surface area (Å²) in [6, 6.07) is 25.0. The van der Waals surface area contributed by atoms with E-state index in [-0.39, 0.29) is 35.7 Å². The summed E-state index contributed by atoms with van der Waals surface area (Å²) in [6.45, 7) is 8.89. The van der Waals surface area contributed by atoms with Crippen LogP contribution in [-0.4, -0.2) is 45.5 Å². The van der Waals surface area contributed by atoms with Crippen molar-refractivity contribution in [2.45, 2.75) is 168 Å². The first-order chi connectivity index (χ1) is 37.3. The van der Waals surface area contributed by atoms with Crippen molar-refractivity contribution in [2.24, 2.45) is 0 Å². The van der Waals surface area contributed by atoms with Crippen molar-refractivity contribution in [1.82, 2.24) is 9.80 Å². The van der Waals surface area contributed by atoms with Crippen LogP contribution in [0.3, 0.4) is 0 Å². The van der Waals surface area contributed by atoms with Gasteiger partial charge in [0.15, 0.2) is 0 Å². The number of benzene rings is 5. The minimum Gasteiger partial charge on any atom is -0.271 e. The summed E-state index contributed by atoms with van der Waals surface area (Å²) in [5.41, 5.74) is 5.66. The highest BCUT2D eigenvalue weighted by atomic mass is 32.1. The van der Waals surface area contributed by atoms with Crippen LogP contribution in [-0.2, 0) is 0 Å². The summed E-state index contributed by atoms with van der Waals surface area (Å²) in [5, 5.41) is 15.1. The summed E-state index contributed by atoms with van der Waals surface area (Å²) in [7, 11) is 0. The largest absolute Gasteiger partial charge is 0.271 e. The molecule has 0 bridgehead atoms. The van der Waals surface area contributed by atoms with Crippen LogP contribution in [0.2, 0.25) is 0 Å². The molecule has 6 heterocycles. The highest BCUT2D eigenvalue weighted by Gasteiger charge is 2.45. The Labute approximate surface area is 464 Å². The molecule has 9 aromatic rings. The maximum absolute atomic E-state index is 16.1. The smallest absolute Gasteiger partial charge is 0.262 e. The van der Waals surface area contributed by atoms with Crippen molar-refractivity contribution < 1.29 is 19.2 Å². The molecule has 2 aliphatic heterocycles. The number of hydrogen-bond donors (Lipinski definition) is 0. The summed E-state index contributed by atoms with van der Waals surface area (Å²) in [4.78, 5) is 71.5. The monoisotopic (exact) mass is 1080 g/mol. The predicted octanol–water partition coefficient (Wildman–Crippen LogP) is 20.5. The topological polar surface area (TPSA) is 74.8 Å². The van der Waals surface area contributed by atoms with E-state index >= 15 is 19.2 Å². The number of imide groups is 2. The van der Waals surface area contributed by atoms with E-state index in [4.69, 9.17) is 0 Å². The number of nitrogens with zero attached hydrogens (tertiary/aromatic N) is 2. The van der Waals surface area contributed by atoms with Crippen molar-refractivity contribution >= 4 is 112 Å². The molecule has 0 unspecified atom stereocenters. The number of hydrogen-bond acceptors (Lipinski definition) is 8. The van der Waals surface area contributed by atoms with Gasteiger partial charge in [0.1, 0.15) is 0 Å². The zero-order valence-electron chi connectivity index (χ0n) is 44.7. The van der Waals surface area contributed by atoms with Gasteiger partial charge in [-0.15, -0.1) is 45.3 Å². The van der Waals surface area contributed by atoms with Gasteiger partial charge in [0.2, 0.25) is 0 Å². The van der Waals surface area contributed by atoms with E-state index in [0.29, 0.717) is 33.0 Å². The van der Waals surface area contributed by atoms with Gasteiger partial charge in [-0.05, 0) is 128 Å². The van der Waals surface area contributed by atoms with Gasteiger partial charge in [-0.2, -0.15) is 0 Å². The van der Waals surface area contributed by atoms with Crippen LogP contribution < -0.4 is 0 Å². The van der Waals surface area contributed by atoms with Crippen LogP contribution in [0.4, 0.5) is 0 Å². The maximum atomic E-state index is 16.1. The van der Waals surface area contributed by atoms with Gasteiger partial charge in [0, 0.05) is 64.6 Å². The fourth-order valence-electron chi connectivity index (χ4n) is 12.9. The summed E-state index contributed by atoms with van der Waals surface area (Å²) >= 11 is 6.44. The van der Waals surface area contributed by atoms with Gasteiger partial charge >= 0.3 is 0 Å². The van der Waals surface area contributed by atoms with Gasteiger partial charge in [-0.3, -0.25) is 29.0 Å². The molecule has 0 atom stereocenters. The molecule has 0 spiro atoms. The minimum atomic E-state index is -0.225. The first kappa shape index (κ1) is 52.5. The van der Waals surface area contributed by atoms with Crippen molar-refractivity contribution in [3.05, 3.63) is 117 Å². The Bertz CT molecular complexity index is 3080. The highest BCUT2D eigenvalue weighted by Crippen LogP contribution is 2.55. The van der Waals surface area contributed by atoms with E-state index in [1.807, 2.05) is 24.3 Å². The second kappa shape index (κ2) is 23.2. The van der Waals surface area contributed by atoms with Gasteiger partial charge < -0.3 is 0 Å². The molecule has 2 aliphatic rings. The van der Waals surface area contributed by atoms with Crippen LogP contribution in [0.25, 0.3) is 84.9 Å². The van der Waals surface area contributed by atoms with Gasteiger partial charge in [0.25, 0.3) is 23.6 Å². The predicted molar refractivity (Wildman–Crippen MR) is 325 cm³/mol. The number of amides is 4. The van der Waals surface area contributed by atoms with Crippen LogP contribution >= 0.6 is 45.3 Å². The number of fused-ring (bicyclic) bond motifs is 2. The molecule has 4 amide bonds. The SMILES string of the molecule is CCCCCCC(CCCCCC)N1C(=O)c2c(-c3cccs3)cc3c4cc(-c5cccs5)c5c6c(c(-c7cccs7)cc(c7cc(-c8cccs8)c(c2c37)C1=O)c64)C(=O)N(C(CCCCCC)CCCCCC)C5=O. The molecule has 76 heavy (non-hydrogen) atoms. The minimum absolute atomic E-state index is 0.206. The standard InChI is InChI=1S/C66H70N2O4S4/c1-5-9-13-17-25-41(26-18-14-10-6-2)67-63(69)57-47(51-29-21-33-73-51)37-43-45-39-49(53-31-23-35-75-53)59-62-56(45)46(44-38-48(52-30-22-34-74-52)58(64(67)70)61(57)55(43)44)40-50(54-32-24-36-76-54)60(62)66(72)68(65(59)71)42(27-19-15-11-7-3)28-20-16-12-8-4/h21-24,29-42H,5-20,25-28H2,1-4H3. The molecule has 5 aromatic carbocycles. The number of unbranched alkanes of at least 4 members (excludes halogenated alkanes) is 12. The molecule has 0 saturated carbocycles. The molecule has 4 aromatic heterocycles. The summed E-state index contributed by atoms with van der Waals surface area (Å²) < 4.78 is 0. The normalized spacial score (nSPS) is 13.8. The molecule has 0 N–H and O–H groups in total. The lowest BCUT2D eigenvalue weighted by Crippen LogP contribution is -2.47. The van der Waals surface area contributed by atoms with Crippen molar-refractivity contribution in [3.8, 4) is 41.8 Å². The molecule has 392 valence electrons. The van der Waals surface area contributed by atoms with E-state index in [1.165, 1.54) is 0 Å². The lowest BCUT2D eigenvalue weighted by Gasteiger charge is -2.37. The average Bonchev–Trinajstić information content (AvgIpc) is 4.00. The first-order valence-electron chi connectivity index (χ1n) is 28.6. The van der Waals surface area contributed by atoms with Crippen molar-refractivity contribution in [3.63, 3.8) is 0 Å². The zero-order chi connectivity index (χ0) is 52.5. The van der Waals surface area contributed by atoms with Crippen LogP contribution in [0.15, 0.2) is 94.3 Å². The van der Waals surface area contributed by atoms with Crippen molar-refractivity contribution in [2.75, 3.05) is 0 Å². The molecule has 6 nitrogen and oxygen atoms in total. The summed E-state index contributed by atoms with van der Waals surface area (Å²) in [6.07, 6.45) is 20.2. The third kappa shape index (κ3) is 9.36. The van der Waals surface area contributed by atoms with Crippen LogP contribution in [0, 0.1) is 0 Å². The Morgan fingerprint density at radius 1 is 0.342 bits per heavy atom. The quantitative estimate of drug-likeness (QED) is 0.0234. The third-order valence-corrected chi connectivity index (χ3v) is 20.2. The number of rotatable bonds is 26. The van der Waals surface area contributed by atoms with Crippen molar-refractivity contribution in [1.29, 1.82) is 0 Å². The first-order valence-corrected chi connectivity index (χ1v) is 32.1. The van der Waals surface area contributed by atoms with E-state index in [9.17, 15) is 0 Å². The van der Waals surface area contributed by atoms with E-state index in [0.717, 1.165) is 202 Å². The van der Waals surface area contributed by atoms with Crippen LogP contribution in [0.5, 0.6) is 0 Å². The zero-order valence-corrected chi connectivity index (χ0v) is 48.0. The molecular weight excluding hydrogens is 1010 g/mol. The molecule has 0 fully saturated rings. The van der Waals surface area contributed by atoms with Gasteiger partial charge in [0.05, 0.1) is 22.3 Å². The maximum Gasteiger partial charge on any atom is 0.262 e. The number of carbonyl (C=O) groups is 4. The Kier molecular flexibility index (Phi) is 16.0. The van der Waals surface area contributed by atoms with E-state index in [1.54, 1.807) is 55.1 Å². The lowest BCUT2D eigenvalue weighted by atomic mass is 9.76. The molecule has 10 heteroatoms. The molecule has 11 rings (SSSR count). The Morgan fingerprint density at radius 3 is 0.803 bits per heavy atom.